The molecule has 0 aromatic rings. The SMILES string of the molecule is CCCN(CCC)C(=O)CN(CC)P(=S)(OC)OC. The Morgan fingerprint density at radius 1 is 1.11 bits per heavy atom. The van der Waals surface area contributed by atoms with Gasteiger partial charge in [-0.05, 0) is 24.6 Å². The van der Waals surface area contributed by atoms with Crippen LogP contribution in [0.1, 0.15) is 33.6 Å². The van der Waals surface area contributed by atoms with Crippen molar-refractivity contribution in [3.05, 3.63) is 0 Å². The molecule has 0 aliphatic rings. The van der Waals surface area contributed by atoms with Crippen molar-refractivity contribution in [2.45, 2.75) is 33.6 Å². The second-order valence-corrected chi connectivity index (χ2v) is 7.81. The molecule has 0 saturated carbocycles. The first-order chi connectivity index (χ1) is 8.98. The Morgan fingerprint density at radius 3 is 1.89 bits per heavy atom. The third-order valence-corrected chi connectivity index (χ3v) is 6.46. The monoisotopic (exact) mass is 310 g/mol. The van der Waals surface area contributed by atoms with Gasteiger partial charge in [-0.2, -0.15) is 0 Å². The molecular weight excluding hydrogens is 283 g/mol. The molecule has 7 heteroatoms. The Bertz CT molecular complexity index is 301. The summed E-state index contributed by atoms with van der Waals surface area (Å²) in [5, 5.41) is 0. The van der Waals surface area contributed by atoms with Crippen LogP contribution in [-0.2, 0) is 25.6 Å². The van der Waals surface area contributed by atoms with E-state index in [4.69, 9.17) is 20.9 Å². The summed E-state index contributed by atoms with van der Waals surface area (Å²) in [4.78, 5) is 14.2. The maximum absolute atomic E-state index is 12.3. The lowest BCUT2D eigenvalue weighted by Gasteiger charge is -2.32. The van der Waals surface area contributed by atoms with Gasteiger partial charge in [0.2, 0.25) is 5.91 Å². The van der Waals surface area contributed by atoms with Crippen LogP contribution in [0.5, 0.6) is 0 Å². The molecule has 0 rings (SSSR count). The molecule has 0 saturated heterocycles. The topological polar surface area (TPSA) is 42.0 Å². The van der Waals surface area contributed by atoms with Gasteiger partial charge in [-0.3, -0.25) is 4.79 Å². The first-order valence-corrected chi connectivity index (χ1v) is 9.32. The normalized spacial score (nSPS) is 11.9. The van der Waals surface area contributed by atoms with E-state index < -0.39 is 6.64 Å². The third kappa shape index (κ3) is 5.88. The Labute approximate surface area is 122 Å². The predicted molar refractivity (Wildman–Crippen MR) is 82.7 cm³/mol. The second kappa shape index (κ2) is 9.83. The van der Waals surface area contributed by atoms with E-state index in [2.05, 4.69) is 13.8 Å². The summed E-state index contributed by atoms with van der Waals surface area (Å²) in [5.74, 6) is 0.0916. The fraction of sp³-hybridized carbons (Fsp3) is 0.917. The highest BCUT2D eigenvalue weighted by molar-refractivity contribution is 8.08. The van der Waals surface area contributed by atoms with E-state index in [0.29, 0.717) is 6.54 Å². The number of hydrogen-bond acceptors (Lipinski definition) is 4. The van der Waals surface area contributed by atoms with E-state index in [1.165, 1.54) is 14.2 Å². The number of rotatable bonds is 10. The van der Waals surface area contributed by atoms with E-state index in [1.807, 2.05) is 16.5 Å². The molecule has 0 unspecified atom stereocenters. The molecule has 0 bridgehead atoms. The van der Waals surface area contributed by atoms with Gasteiger partial charge < -0.3 is 13.9 Å². The van der Waals surface area contributed by atoms with Crippen molar-refractivity contribution in [3.8, 4) is 0 Å². The van der Waals surface area contributed by atoms with Crippen molar-refractivity contribution >= 4 is 24.4 Å². The van der Waals surface area contributed by atoms with Gasteiger partial charge in [0.25, 0.3) is 6.64 Å². The lowest BCUT2D eigenvalue weighted by atomic mass is 10.3. The molecule has 0 fully saturated rings. The molecule has 1 amide bonds. The van der Waals surface area contributed by atoms with Crippen molar-refractivity contribution in [2.75, 3.05) is 40.4 Å². The van der Waals surface area contributed by atoms with Crippen molar-refractivity contribution in [1.82, 2.24) is 9.57 Å². The van der Waals surface area contributed by atoms with Crippen LogP contribution in [0.4, 0.5) is 0 Å². The Balaban J connectivity index is 4.76. The van der Waals surface area contributed by atoms with Crippen molar-refractivity contribution < 1.29 is 13.8 Å². The largest absolute Gasteiger partial charge is 0.342 e. The zero-order valence-electron chi connectivity index (χ0n) is 12.7. The molecule has 5 nitrogen and oxygen atoms in total. The van der Waals surface area contributed by atoms with Gasteiger partial charge in [0, 0.05) is 33.9 Å². The van der Waals surface area contributed by atoms with Gasteiger partial charge in [-0.15, -0.1) is 0 Å². The van der Waals surface area contributed by atoms with Crippen LogP contribution < -0.4 is 0 Å². The van der Waals surface area contributed by atoms with Gasteiger partial charge >= 0.3 is 0 Å². The lowest BCUT2D eigenvalue weighted by molar-refractivity contribution is -0.131. The van der Waals surface area contributed by atoms with Crippen molar-refractivity contribution in [2.24, 2.45) is 0 Å². The van der Waals surface area contributed by atoms with Gasteiger partial charge in [0.15, 0.2) is 0 Å². The molecule has 0 aliphatic heterocycles. The molecule has 0 aliphatic carbocycles. The summed E-state index contributed by atoms with van der Waals surface area (Å²) < 4.78 is 12.4. The molecule has 0 heterocycles. The number of carbonyl (C=O) groups excluding carboxylic acids is 1. The fourth-order valence-electron chi connectivity index (χ4n) is 1.83. The first kappa shape index (κ1) is 19.0. The molecular formula is C12H27N2O3PS. The zero-order valence-corrected chi connectivity index (χ0v) is 14.4. The Kier molecular flexibility index (Phi) is 9.83. The molecule has 114 valence electrons. The van der Waals surface area contributed by atoms with Crippen LogP contribution in [-0.4, -0.2) is 55.9 Å². The molecule has 0 atom stereocenters. The highest BCUT2D eigenvalue weighted by Crippen LogP contribution is 2.50. The first-order valence-electron chi connectivity index (χ1n) is 6.73. The Morgan fingerprint density at radius 2 is 1.58 bits per heavy atom. The number of hydrogen-bond donors (Lipinski definition) is 0. The summed E-state index contributed by atoms with van der Waals surface area (Å²) in [6, 6.07) is 0. The van der Waals surface area contributed by atoms with E-state index in [9.17, 15) is 4.79 Å². The highest BCUT2D eigenvalue weighted by Gasteiger charge is 2.28. The van der Waals surface area contributed by atoms with Crippen LogP contribution >= 0.6 is 6.64 Å². The molecule has 0 aromatic carbocycles. The fourth-order valence-corrected chi connectivity index (χ4v) is 3.61. The van der Waals surface area contributed by atoms with Crippen LogP contribution in [0.3, 0.4) is 0 Å². The summed E-state index contributed by atoms with van der Waals surface area (Å²) in [7, 11) is 3.07. The Hall–Kier alpha value is -0.0000000000000000694. The second-order valence-electron chi connectivity index (χ2n) is 4.20. The zero-order chi connectivity index (χ0) is 14.9. The maximum atomic E-state index is 12.3. The number of likely N-dealkylation sites (N-methyl/N-ethyl adjacent to an activating group) is 1. The predicted octanol–water partition coefficient (Wildman–Crippen LogP) is 2.47. The van der Waals surface area contributed by atoms with Gasteiger partial charge in [0.05, 0.1) is 6.54 Å². The molecule has 0 aromatic heterocycles. The molecule has 0 radical (unpaired) electrons. The summed E-state index contributed by atoms with van der Waals surface area (Å²) in [6.07, 6.45) is 1.92. The third-order valence-electron chi connectivity index (χ3n) is 2.83. The summed E-state index contributed by atoms with van der Waals surface area (Å²) in [5.41, 5.74) is 0. The average molecular weight is 310 g/mol. The van der Waals surface area contributed by atoms with Crippen LogP contribution in [0, 0.1) is 0 Å². The lowest BCUT2D eigenvalue weighted by Crippen LogP contribution is -2.40. The van der Waals surface area contributed by atoms with Crippen molar-refractivity contribution in [1.29, 1.82) is 0 Å². The van der Waals surface area contributed by atoms with Gasteiger partial charge in [0.1, 0.15) is 0 Å². The van der Waals surface area contributed by atoms with Gasteiger partial charge in [-0.1, -0.05) is 20.8 Å². The maximum Gasteiger partial charge on any atom is 0.263 e. The van der Waals surface area contributed by atoms with Crippen LogP contribution in [0.15, 0.2) is 0 Å². The van der Waals surface area contributed by atoms with Crippen molar-refractivity contribution in [3.63, 3.8) is 0 Å². The number of amides is 1. The number of nitrogens with zero attached hydrogens (tertiary/aromatic N) is 2. The smallest absolute Gasteiger partial charge is 0.263 e. The van der Waals surface area contributed by atoms with Gasteiger partial charge in [-0.25, -0.2) is 4.67 Å². The highest BCUT2D eigenvalue weighted by atomic mass is 32.5. The van der Waals surface area contributed by atoms with E-state index in [0.717, 1.165) is 25.9 Å². The molecule has 0 N–H and O–H groups in total. The summed E-state index contributed by atoms with van der Waals surface area (Å²) >= 11 is 5.38. The van der Waals surface area contributed by atoms with E-state index in [-0.39, 0.29) is 12.5 Å². The number of carbonyl (C=O) groups is 1. The van der Waals surface area contributed by atoms with E-state index in [1.54, 1.807) is 0 Å². The van der Waals surface area contributed by atoms with Crippen LogP contribution in [0.2, 0.25) is 0 Å². The van der Waals surface area contributed by atoms with Crippen LogP contribution in [0.25, 0.3) is 0 Å². The molecule has 0 spiro atoms. The van der Waals surface area contributed by atoms with E-state index >= 15 is 0 Å². The average Bonchev–Trinajstić information content (AvgIpc) is 2.43. The standard InChI is InChI=1S/C12H27N2O3PS/c1-6-9-13(10-7-2)12(15)11-14(8-3)18(19,16-4)17-5/h6-11H2,1-5H3. The molecule has 19 heavy (non-hydrogen) atoms. The minimum absolute atomic E-state index is 0.0916. The summed E-state index contributed by atoms with van der Waals surface area (Å²) in [6.45, 7) is 6.06. The minimum atomic E-state index is -2.50. The minimum Gasteiger partial charge on any atom is -0.342 e. The quantitative estimate of drug-likeness (QED) is 0.580.